The molecule has 1 aromatic rings. The Kier molecular flexibility index (Phi) is 6.68. The van der Waals surface area contributed by atoms with Crippen molar-refractivity contribution in [3.8, 4) is 0 Å². The zero-order valence-electron chi connectivity index (χ0n) is 13.4. The number of hydrogen-bond donors (Lipinski definition) is 2. The molecule has 6 heteroatoms. The van der Waals surface area contributed by atoms with Gasteiger partial charge in [-0.2, -0.15) is 5.10 Å². The number of amides is 1. The van der Waals surface area contributed by atoms with E-state index in [9.17, 15) is 9.90 Å². The molecular weight excluding hydrogens is 290 g/mol. The number of nitrogens with one attached hydrogen (secondary N) is 1. The predicted molar refractivity (Wildman–Crippen MR) is 84.4 cm³/mol. The summed E-state index contributed by atoms with van der Waals surface area (Å²) in [6.07, 6.45) is 2.79. The molecule has 1 aromatic heterocycles. The standard InChI is InChI=1S/C15H26ClN3O2/c1-5-15(6-2,7-8-20)10-17-13(21)9-12-11(3)18-19(4)14(12)16/h20H,5-10H2,1-4H3,(H,17,21). The molecule has 1 amide bonds. The fourth-order valence-electron chi connectivity index (χ4n) is 2.56. The largest absolute Gasteiger partial charge is 0.396 e. The Morgan fingerprint density at radius 3 is 2.48 bits per heavy atom. The quantitative estimate of drug-likeness (QED) is 0.773. The van der Waals surface area contributed by atoms with Crippen LogP contribution in [-0.2, 0) is 18.3 Å². The second kappa shape index (κ2) is 7.80. The number of halogens is 1. The molecule has 1 heterocycles. The third-order valence-corrected chi connectivity index (χ3v) is 4.88. The molecule has 21 heavy (non-hydrogen) atoms. The second-order valence-electron chi connectivity index (χ2n) is 5.61. The highest BCUT2D eigenvalue weighted by atomic mass is 35.5. The van der Waals surface area contributed by atoms with Gasteiger partial charge in [-0.05, 0) is 31.6 Å². The highest BCUT2D eigenvalue weighted by Gasteiger charge is 2.26. The highest BCUT2D eigenvalue weighted by molar-refractivity contribution is 6.30. The van der Waals surface area contributed by atoms with Crippen molar-refractivity contribution in [2.75, 3.05) is 13.2 Å². The van der Waals surface area contributed by atoms with E-state index in [1.54, 1.807) is 11.7 Å². The van der Waals surface area contributed by atoms with Crippen LogP contribution in [-0.4, -0.2) is 33.9 Å². The van der Waals surface area contributed by atoms with Crippen molar-refractivity contribution in [3.05, 3.63) is 16.4 Å². The van der Waals surface area contributed by atoms with E-state index in [2.05, 4.69) is 24.3 Å². The summed E-state index contributed by atoms with van der Waals surface area (Å²) in [5, 5.41) is 16.9. The lowest BCUT2D eigenvalue weighted by Gasteiger charge is -2.31. The zero-order valence-corrected chi connectivity index (χ0v) is 14.1. The number of aliphatic hydroxyl groups excluding tert-OH is 1. The van der Waals surface area contributed by atoms with Crippen molar-refractivity contribution in [1.29, 1.82) is 0 Å². The van der Waals surface area contributed by atoms with Gasteiger partial charge in [0.1, 0.15) is 5.15 Å². The Morgan fingerprint density at radius 2 is 2.05 bits per heavy atom. The Bertz CT molecular complexity index is 482. The van der Waals surface area contributed by atoms with E-state index in [4.69, 9.17) is 11.6 Å². The third kappa shape index (κ3) is 4.45. The molecule has 0 fully saturated rings. The molecule has 0 saturated carbocycles. The first-order valence-electron chi connectivity index (χ1n) is 7.44. The summed E-state index contributed by atoms with van der Waals surface area (Å²) >= 11 is 6.14. The van der Waals surface area contributed by atoms with Gasteiger partial charge in [0.25, 0.3) is 0 Å². The average molecular weight is 316 g/mol. The number of nitrogens with zero attached hydrogens (tertiary/aromatic N) is 2. The minimum atomic E-state index is -0.0581. The van der Waals surface area contributed by atoms with Crippen LogP contribution < -0.4 is 5.32 Å². The van der Waals surface area contributed by atoms with Crippen LogP contribution >= 0.6 is 11.6 Å². The molecule has 0 aromatic carbocycles. The van der Waals surface area contributed by atoms with Crippen LogP contribution in [0, 0.1) is 12.3 Å². The van der Waals surface area contributed by atoms with Gasteiger partial charge >= 0.3 is 0 Å². The molecule has 0 atom stereocenters. The van der Waals surface area contributed by atoms with Gasteiger partial charge in [-0.25, -0.2) is 0 Å². The van der Waals surface area contributed by atoms with Gasteiger partial charge in [-0.1, -0.05) is 25.4 Å². The molecule has 5 nitrogen and oxygen atoms in total. The van der Waals surface area contributed by atoms with E-state index >= 15 is 0 Å². The molecule has 0 aliphatic heterocycles. The molecule has 1 rings (SSSR count). The number of carbonyl (C=O) groups is 1. The topological polar surface area (TPSA) is 67.2 Å². The van der Waals surface area contributed by atoms with Crippen LogP contribution in [0.4, 0.5) is 0 Å². The maximum atomic E-state index is 12.1. The number of aliphatic hydroxyl groups is 1. The van der Waals surface area contributed by atoms with Crippen LogP contribution in [0.25, 0.3) is 0 Å². The minimum Gasteiger partial charge on any atom is -0.396 e. The molecule has 0 spiro atoms. The average Bonchev–Trinajstić information content (AvgIpc) is 2.70. The lowest BCUT2D eigenvalue weighted by atomic mass is 9.79. The molecule has 0 aliphatic rings. The predicted octanol–water partition coefficient (Wildman–Crippen LogP) is 2.23. The van der Waals surface area contributed by atoms with Crippen LogP contribution in [0.2, 0.25) is 5.15 Å². The Labute approximate surface area is 131 Å². The van der Waals surface area contributed by atoms with E-state index in [1.165, 1.54) is 0 Å². The van der Waals surface area contributed by atoms with Crippen molar-refractivity contribution in [1.82, 2.24) is 15.1 Å². The van der Waals surface area contributed by atoms with E-state index in [0.717, 1.165) is 24.1 Å². The van der Waals surface area contributed by atoms with Crippen LogP contribution in [0.1, 0.15) is 44.4 Å². The van der Waals surface area contributed by atoms with Crippen molar-refractivity contribution in [3.63, 3.8) is 0 Å². The summed E-state index contributed by atoms with van der Waals surface area (Å²) in [5.41, 5.74) is 1.53. The van der Waals surface area contributed by atoms with Gasteiger partial charge in [0.15, 0.2) is 0 Å². The number of carbonyl (C=O) groups excluding carboxylic acids is 1. The van der Waals surface area contributed by atoms with Gasteiger partial charge < -0.3 is 10.4 Å². The number of hydrogen-bond acceptors (Lipinski definition) is 3. The van der Waals surface area contributed by atoms with Crippen molar-refractivity contribution >= 4 is 17.5 Å². The van der Waals surface area contributed by atoms with E-state index in [0.29, 0.717) is 18.1 Å². The molecule has 0 unspecified atom stereocenters. The van der Waals surface area contributed by atoms with Crippen LogP contribution in [0.3, 0.4) is 0 Å². The first-order valence-corrected chi connectivity index (χ1v) is 7.82. The first-order chi connectivity index (χ1) is 9.89. The molecular formula is C15H26ClN3O2. The maximum absolute atomic E-state index is 12.1. The number of aryl methyl sites for hydroxylation is 2. The monoisotopic (exact) mass is 315 g/mol. The Balaban J connectivity index is 2.65. The summed E-state index contributed by atoms with van der Waals surface area (Å²) in [6.45, 7) is 6.75. The first kappa shape index (κ1) is 18.0. The van der Waals surface area contributed by atoms with Gasteiger partial charge in [0, 0.05) is 25.8 Å². The van der Waals surface area contributed by atoms with Crippen LogP contribution in [0.5, 0.6) is 0 Å². The molecule has 0 bridgehead atoms. The summed E-state index contributed by atoms with van der Waals surface area (Å²) in [7, 11) is 1.76. The minimum absolute atomic E-state index is 0.0296. The third-order valence-electron chi connectivity index (χ3n) is 4.41. The molecule has 0 saturated heterocycles. The fourth-order valence-corrected chi connectivity index (χ4v) is 2.80. The van der Waals surface area contributed by atoms with Crippen molar-refractivity contribution < 1.29 is 9.90 Å². The van der Waals surface area contributed by atoms with Gasteiger partial charge in [-0.3, -0.25) is 9.48 Å². The summed E-state index contributed by atoms with van der Waals surface area (Å²) in [5.74, 6) is -0.0581. The van der Waals surface area contributed by atoms with E-state index in [1.807, 2.05) is 6.92 Å². The van der Waals surface area contributed by atoms with Crippen molar-refractivity contribution in [2.45, 2.75) is 46.5 Å². The lowest BCUT2D eigenvalue weighted by molar-refractivity contribution is -0.121. The normalized spacial score (nSPS) is 11.7. The van der Waals surface area contributed by atoms with E-state index < -0.39 is 0 Å². The number of aromatic nitrogens is 2. The lowest BCUT2D eigenvalue weighted by Crippen LogP contribution is -2.38. The summed E-state index contributed by atoms with van der Waals surface area (Å²) in [4.78, 5) is 12.1. The Hall–Kier alpha value is -1.07. The van der Waals surface area contributed by atoms with Crippen LogP contribution in [0.15, 0.2) is 0 Å². The Morgan fingerprint density at radius 1 is 1.43 bits per heavy atom. The molecule has 2 N–H and O–H groups in total. The number of rotatable bonds is 8. The molecule has 0 radical (unpaired) electrons. The second-order valence-corrected chi connectivity index (χ2v) is 5.97. The molecule has 120 valence electrons. The smallest absolute Gasteiger partial charge is 0.224 e. The summed E-state index contributed by atoms with van der Waals surface area (Å²) in [6, 6.07) is 0. The van der Waals surface area contributed by atoms with Gasteiger partial charge in [-0.15, -0.1) is 0 Å². The van der Waals surface area contributed by atoms with E-state index in [-0.39, 0.29) is 24.3 Å². The highest BCUT2D eigenvalue weighted by Crippen LogP contribution is 2.29. The fraction of sp³-hybridized carbons (Fsp3) is 0.733. The van der Waals surface area contributed by atoms with Crippen molar-refractivity contribution in [2.24, 2.45) is 12.5 Å². The summed E-state index contributed by atoms with van der Waals surface area (Å²) < 4.78 is 1.58. The SMILES string of the molecule is CCC(CC)(CCO)CNC(=O)Cc1c(C)nn(C)c1Cl. The van der Waals surface area contributed by atoms with Gasteiger partial charge in [0.05, 0.1) is 12.1 Å². The zero-order chi connectivity index (χ0) is 16.0. The van der Waals surface area contributed by atoms with Gasteiger partial charge in [0.2, 0.25) is 5.91 Å². The molecule has 0 aliphatic carbocycles. The maximum Gasteiger partial charge on any atom is 0.224 e.